The largest absolute Gasteiger partial charge is 0.492 e. The van der Waals surface area contributed by atoms with Crippen molar-refractivity contribution in [3.8, 4) is 5.75 Å². The number of nitrogens with zero attached hydrogens (tertiary/aromatic N) is 1. The van der Waals surface area contributed by atoms with E-state index in [0.717, 1.165) is 11.3 Å². The first-order chi connectivity index (χ1) is 11.5. The summed E-state index contributed by atoms with van der Waals surface area (Å²) >= 11 is 0. The predicted molar refractivity (Wildman–Crippen MR) is 91.3 cm³/mol. The van der Waals surface area contributed by atoms with Crippen molar-refractivity contribution in [1.82, 2.24) is 5.32 Å². The highest BCUT2D eigenvalue weighted by molar-refractivity contribution is 5.80. The first-order valence-electron chi connectivity index (χ1n) is 7.49. The maximum atomic E-state index is 11.7. The summed E-state index contributed by atoms with van der Waals surface area (Å²) in [6.45, 7) is 2.76. The van der Waals surface area contributed by atoms with E-state index in [0.29, 0.717) is 18.8 Å². The van der Waals surface area contributed by atoms with Crippen LogP contribution in [0.3, 0.4) is 0 Å². The molecule has 0 fully saturated rings. The number of hydrogen-bond acceptors (Lipinski definition) is 5. The second kappa shape index (κ2) is 8.52. The molecule has 0 heterocycles. The van der Waals surface area contributed by atoms with Gasteiger partial charge in [-0.15, -0.1) is 0 Å². The third-order valence-electron chi connectivity index (χ3n) is 3.19. The Kier molecular flexibility index (Phi) is 6.13. The third kappa shape index (κ3) is 5.60. The number of anilines is 1. The van der Waals surface area contributed by atoms with Crippen LogP contribution in [0.4, 0.5) is 11.4 Å². The van der Waals surface area contributed by atoms with E-state index in [9.17, 15) is 14.9 Å². The minimum Gasteiger partial charge on any atom is -0.492 e. The lowest BCUT2D eigenvalue weighted by atomic mass is 10.2. The van der Waals surface area contributed by atoms with Crippen LogP contribution in [0.1, 0.15) is 5.56 Å². The van der Waals surface area contributed by atoms with Crippen LogP contribution in [0.5, 0.6) is 5.75 Å². The summed E-state index contributed by atoms with van der Waals surface area (Å²) in [6.07, 6.45) is 0. The van der Waals surface area contributed by atoms with Crippen LogP contribution < -0.4 is 15.4 Å². The van der Waals surface area contributed by atoms with Gasteiger partial charge in [0, 0.05) is 17.8 Å². The minimum absolute atomic E-state index is 0.0213. The first kappa shape index (κ1) is 17.3. The van der Waals surface area contributed by atoms with Crippen molar-refractivity contribution in [3.05, 3.63) is 64.2 Å². The number of nitrogens with one attached hydrogen (secondary N) is 2. The number of amides is 1. The lowest BCUT2D eigenvalue weighted by Crippen LogP contribution is -2.33. The molecule has 7 nitrogen and oxygen atoms in total. The van der Waals surface area contributed by atoms with Crippen molar-refractivity contribution < 1.29 is 14.5 Å². The van der Waals surface area contributed by atoms with E-state index in [1.54, 1.807) is 12.1 Å². The van der Waals surface area contributed by atoms with E-state index in [1.165, 1.54) is 12.1 Å². The first-order valence-corrected chi connectivity index (χ1v) is 7.49. The SMILES string of the molecule is Cc1cccc(OCCNC(=O)CNc2cccc([N+](=O)[O-])c2)c1. The lowest BCUT2D eigenvalue weighted by molar-refractivity contribution is -0.384. The number of nitro groups is 1. The molecular formula is C17H19N3O4. The van der Waals surface area contributed by atoms with Gasteiger partial charge in [-0.05, 0) is 30.7 Å². The molecule has 0 aromatic heterocycles. The molecule has 126 valence electrons. The average Bonchev–Trinajstić information content (AvgIpc) is 2.57. The van der Waals surface area contributed by atoms with Crippen molar-refractivity contribution in [2.75, 3.05) is 25.0 Å². The maximum Gasteiger partial charge on any atom is 0.271 e. The van der Waals surface area contributed by atoms with Crippen molar-refractivity contribution in [2.45, 2.75) is 6.92 Å². The Morgan fingerprint density at radius 3 is 2.75 bits per heavy atom. The zero-order valence-electron chi connectivity index (χ0n) is 13.3. The van der Waals surface area contributed by atoms with Crippen molar-refractivity contribution in [2.24, 2.45) is 0 Å². The minimum atomic E-state index is -0.478. The van der Waals surface area contributed by atoms with Gasteiger partial charge >= 0.3 is 0 Å². The third-order valence-corrected chi connectivity index (χ3v) is 3.19. The molecule has 0 spiro atoms. The van der Waals surface area contributed by atoms with Gasteiger partial charge < -0.3 is 15.4 Å². The Morgan fingerprint density at radius 2 is 2.00 bits per heavy atom. The Morgan fingerprint density at radius 1 is 1.21 bits per heavy atom. The highest BCUT2D eigenvalue weighted by Gasteiger charge is 2.06. The van der Waals surface area contributed by atoms with E-state index >= 15 is 0 Å². The number of aryl methyl sites for hydroxylation is 1. The molecule has 7 heteroatoms. The van der Waals surface area contributed by atoms with E-state index in [-0.39, 0.29) is 18.1 Å². The normalized spacial score (nSPS) is 10.0. The Bertz CT molecular complexity index is 718. The molecule has 2 aromatic carbocycles. The molecule has 0 radical (unpaired) electrons. The summed E-state index contributed by atoms with van der Waals surface area (Å²) in [6, 6.07) is 13.7. The lowest BCUT2D eigenvalue weighted by Gasteiger charge is -2.09. The summed E-state index contributed by atoms with van der Waals surface area (Å²) in [5.41, 5.74) is 1.61. The number of ether oxygens (including phenoxy) is 1. The van der Waals surface area contributed by atoms with Gasteiger partial charge in [-0.2, -0.15) is 0 Å². The van der Waals surface area contributed by atoms with Gasteiger partial charge in [0.05, 0.1) is 18.0 Å². The van der Waals surface area contributed by atoms with E-state index in [2.05, 4.69) is 10.6 Å². The standard InChI is InChI=1S/C17H19N3O4/c1-13-4-2-7-16(10-13)24-9-8-18-17(21)12-19-14-5-3-6-15(11-14)20(22)23/h2-7,10-11,19H,8-9,12H2,1H3,(H,18,21). The topological polar surface area (TPSA) is 93.5 Å². The van der Waals surface area contributed by atoms with Gasteiger partial charge in [-0.25, -0.2) is 0 Å². The molecule has 0 unspecified atom stereocenters. The highest BCUT2D eigenvalue weighted by Crippen LogP contribution is 2.16. The van der Waals surface area contributed by atoms with Crippen LogP contribution >= 0.6 is 0 Å². The molecule has 0 aliphatic carbocycles. The number of carbonyl (C=O) groups is 1. The van der Waals surface area contributed by atoms with Gasteiger partial charge in [-0.3, -0.25) is 14.9 Å². The average molecular weight is 329 g/mol. The van der Waals surface area contributed by atoms with E-state index in [4.69, 9.17) is 4.74 Å². The molecule has 0 atom stereocenters. The Hall–Kier alpha value is -3.09. The van der Waals surface area contributed by atoms with Crippen LogP contribution in [-0.2, 0) is 4.79 Å². The molecule has 0 saturated heterocycles. The number of benzene rings is 2. The number of non-ortho nitro benzene ring substituents is 1. The summed E-state index contributed by atoms with van der Waals surface area (Å²) < 4.78 is 5.53. The fourth-order valence-corrected chi connectivity index (χ4v) is 2.04. The number of nitro benzene ring substituents is 1. The van der Waals surface area contributed by atoms with Crippen LogP contribution in [0.2, 0.25) is 0 Å². The summed E-state index contributed by atoms with van der Waals surface area (Å²) in [7, 11) is 0. The van der Waals surface area contributed by atoms with E-state index < -0.39 is 4.92 Å². The molecular weight excluding hydrogens is 310 g/mol. The predicted octanol–water partition coefficient (Wildman–Crippen LogP) is 2.51. The number of hydrogen-bond donors (Lipinski definition) is 2. The quantitative estimate of drug-likeness (QED) is 0.441. The smallest absolute Gasteiger partial charge is 0.271 e. The van der Waals surface area contributed by atoms with Gasteiger partial charge in [0.25, 0.3) is 5.69 Å². The monoisotopic (exact) mass is 329 g/mol. The molecule has 0 aliphatic rings. The molecule has 0 bridgehead atoms. The fraction of sp³-hybridized carbons (Fsp3) is 0.235. The molecule has 0 saturated carbocycles. The van der Waals surface area contributed by atoms with Gasteiger partial charge in [0.2, 0.25) is 5.91 Å². The number of rotatable bonds is 8. The van der Waals surface area contributed by atoms with Crippen LogP contribution in [-0.4, -0.2) is 30.5 Å². The van der Waals surface area contributed by atoms with Crippen LogP contribution in [0, 0.1) is 17.0 Å². The Balaban J connectivity index is 1.68. The molecule has 1 amide bonds. The molecule has 2 N–H and O–H groups in total. The maximum absolute atomic E-state index is 11.7. The van der Waals surface area contributed by atoms with Gasteiger partial charge in [0.1, 0.15) is 12.4 Å². The zero-order valence-corrected chi connectivity index (χ0v) is 13.3. The van der Waals surface area contributed by atoms with Crippen LogP contribution in [0.15, 0.2) is 48.5 Å². The molecule has 0 aliphatic heterocycles. The number of carbonyl (C=O) groups excluding carboxylic acids is 1. The van der Waals surface area contributed by atoms with Crippen molar-refractivity contribution in [1.29, 1.82) is 0 Å². The van der Waals surface area contributed by atoms with E-state index in [1.807, 2.05) is 31.2 Å². The van der Waals surface area contributed by atoms with Gasteiger partial charge in [-0.1, -0.05) is 18.2 Å². The van der Waals surface area contributed by atoms with Crippen LogP contribution in [0.25, 0.3) is 0 Å². The molecule has 24 heavy (non-hydrogen) atoms. The highest BCUT2D eigenvalue weighted by atomic mass is 16.6. The second-order valence-corrected chi connectivity index (χ2v) is 5.18. The zero-order chi connectivity index (χ0) is 17.4. The second-order valence-electron chi connectivity index (χ2n) is 5.18. The molecule has 2 aromatic rings. The van der Waals surface area contributed by atoms with Gasteiger partial charge in [0.15, 0.2) is 0 Å². The summed E-state index contributed by atoms with van der Waals surface area (Å²) in [5.74, 6) is 0.549. The summed E-state index contributed by atoms with van der Waals surface area (Å²) in [4.78, 5) is 21.9. The fourth-order valence-electron chi connectivity index (χ4n) is 2.04. The Labute approximate surface area is 139 Å². The summed E-state index contributed by atoms with van der Waals surface area (Å²) in [5, 5.41) is 16.3. The van der Waals surface area contributed by atoms with Crippen molar-refractivity contribution in [3.63, 3.8) is 0 Å². The van der Waals surface area contributed by atoms with Crippen molar-refractivity contribution >= 4 is 17.3 Å². The molecule has 2 rings (SSSR count).